The van der Waals surface area contributed by atoms with E-state index >= 15 is 0 Å². The second kappa shape index (κ2) is 4.74. The first-order valence-electron chi connectivity index (χ1n) is 4.35. The standard InChI is InChI=1S/C11H12F2O/c1-3-4-7-14-11-9(12)6-5-8(2)10(11)13/h3-6H,7H2,1-2H3/b4-3+. The second-order valence-electron chi connectivity index (χ2n) is 2.89. The van der Waals surface area contributed by atoms with Crippen molar-refractivity contribution in [3.63, 3.8) is 0 Å². The van der Waals surface area contributed by atoms with Gasteiger partial charge in [-0.15, -0.1) is 0 Å². The van der Waals surface area contributed by atoms with Crippen LogP contribution in [0, 0.1) is 18.6 Å². The molecule has 1 nitrogen and oxygen atoms in total. The van der Waals surface area contributed by atoms with Crippen molar-refractivity contribution in [1.29, 1.82) is 0 Å². The summed E-state index contributed by atoms with van der Waals surface area (Å²) in [6, 6.07) is 2.58. The van der Waals surface area contributed by atoms with Crippen LogP contribution in [0.3, 0.4) is 0 Å². The van der Waals surface area contributed by atoms with Crippen molar-refractivity contribution in [2.24, 2.45) is 0 Å². The van der Waals surface area contributed by atoms with E-state index in [0.29, 0.717) is 5.56 Å². The van der Waals surface area contributed by atoms with Crippen molar-refractivity contribution in [2.45, 2.75) is 13.8 Å². The molecule has 0 amide bonds. The molecule has 1 aromatic carbocycles. The van der Waals surface area contributed by atoms with Gasteiger partial charge < -0.3 is 4.74 Å². The number of aryl methyl sites for hydroxylation is 1. The average molecular weight is 198 g/mol. The van der Waals surface area contributed by atoms with E-state index in [1.54, 1.807) is 19.1 Å². The SMILES string of the molecule is C/C=C/COc1c(F)ccc(C)c1F. The molecular formula is C11H12F2O. The Hall–Kier alpha value is -1.38. The Balaban J connectivity index is 2.89. The van der Waals surface area contributed by atoms with E-state index in [-0.39, 0.29) is 12.4 Å². The number of hydrogen-bond donors (Lipinski definition) is 0. The summed E-state index contributed by atoms with van der Waals surface area (Å²) in [7, 11) is 0. The first-order valence-corrected chi connectivity index (χ1v) is 4.35. The number of allylic oxidation sites excluding steroid dienone is 1. The van der Waals surface area contributed by atoms with Gasteiger partial charge in [0.1, 0.15) is 6.61 Å². The summed E-state index contributed by atoms with van der Waals surface area (Å²) in [5.41, 5.74) is 0.377. The van der Waals surface area contributed by atoms with Crippen LogP contribution in [0.25, 0.3) is 0 Å². The van der Waals surface area contributed by atoms with Crippen LogP contribution in [-0.4, -0.2) is 6.61 Å². The number of halogens is 2. The quantitative estimate of drug-likeness (QED) is 0.677. The molecule has 0 bridgehead atoms. The van der Waals surface area contributed by atoms with E-state index in [1.807, 2.05) is 6.92 Å². The Morgan fingerprint density at radius 1 is 1.36 bits per heavy atom. The average Bonchev–Trinajstić information content (AvgIpc) is 2.18. The largest absolute Gasteiger partial charge is 0.483 e. The van der Waals surface area contributed by atoms with E-state index in [1.165, 1.54) is 12.1 Å². The molecule has 0 saturated heterocycles. The second-order valence-corrected chi connectivity index (χ2v) is 2.89. The van der Waals surface area contributed by atoms with Crippen molar-refractivity contribution in [3.05, 3.63) is 41.5 Å². The van der Waals surface area contributed by atoms with E-state index in [2.05, 4.69) is 0 Å². The van der Waals surface area contributed by atoms with Crippen LogP contribution < -0.4 is 4.74 Å². The van der Waals surface area contributed by atoms with Gasteiger partial charge in [-0.1, -0.05) is 18.2 Å². The first kappa shape index (κ1) is 10.7. The van der Waals surface area contributed by atoms with Crippen molar-refractivity contribution in [3.8, 4) is 5.75 Å². The molecule has 1 rings (SSSR count). The molecule has 0 aliphatic rings. The smallest absolute Gasteiger partial charge is 0.191 e. The maximum absolute atomic E-state index is 13.3. The molecule has 0 fully saturated rings. The van der Waals surface area contributed by atoms with Crippen molar-refractivity contribution < 1.29 is 13.5 Å². The van der Waals surface area contributed by atoms with Crippen LogP contribution in [0.4, 0.5) is 8.78 Å². The van der Waals surface area contributed by atoms with E-state index < -0.39 is 11.6 Å². The third kappa shape index (κ3) is 2.31. The van der Waals surface area contributed by atoms with Crippen molar-refractivity contribution in [1.82, 2.24) is 0 Å². The Labute approximate surface area is 82.0 Å². The minimum atomic E-state index is -0.669. The van der Waals surface area contributed by atoms with Gasteiger partial charge in [0.2, 0.25) is 0 Å². The lowest BCUT2D eigenvalue weighted by molar-refractivity contribution is 0.319. The molecule has 0 aliphatic heterocycles. The van der Waals surface area contributed by atoms with Gasteiger partial charge in [0.15, 0.2) is 17.4 Å². The van der Waals surface area contributed by atoms with E-state index in [9.17, 15) is 8.78 Å². The van der Waals surface area contributed by atoms with Crippen LogP contribution in [-0.2, 0) is 0 Å². The van der Waals surface area contributed by atoms with Gasteiger partial charge in [-0.3, -0.25) is 0 Å². The topological polar surface area (TPSA) is 9.23 Å². The van der Waals surface area contributed by atoms with E-state index in [0.717, 1.165) is 0 Å². The predicted octanol–water partition coefficient (Wildman–Crippen LogP) is 3.23. The fourth-order valence-electron chi connectivity index (χ4n) is 0.991. The molecule has 0 unspecified atom stereocenters. The number of hydrogen-bond acceptors (Lipinski definition) is 1. The molecule has 0 saturated carbocycles. The minimum absolute atomic E-state index is 0.174. The fourth-order valence-corrected chi connectivity index (χ4v) is 0.991. The minimum Gasteiger partial charge on any atom is -0.483 e. The third-order valence-electron chi connectivity index (χ3n) is 1.80. The van der Waals surface area contributed by atoms with Gasteiger partial charge in [-0.25, -0.2) is 8.78 Å². The van der Waals surface area contributed by atoms with Crippen molar-refractivity contribution >= 4 is 0 Å². The summed E-state index contributed by atoms with van der Waals surface area (Å²) in [5, 5.41) is 0. The summed E-state index contributed by atoms with van der Waals surface area (Å²) in [6.07, 6.45) is 3.44. The molecule has 0 spiro atoms. The Morgan fingerprint density at radius 2 is 2.07 bits per heavy atom. The molecule has 0 aromatic heterocycles. The van der Waals surface area contributed by atoms with Crippen LogP contribution in [0.2, 0.25) is 0 Å². The highest BCUT2D eigenvalue weighted by atomic mass is 19.1. The van der Waals surface area contributed by atoms with Gasteiger partial charge >= 0.3 is 0 Å². The zero-order valence-corrected chi connectivity index (χ0v) is 8.18. The Bertz CT molecular complexity index is 345. The third-order valence-corrected chi connectivity index (χ3v) is 1.80. The lowest BCUT2D eigenvalue weighted by Gasteiger charge is -2.07. The predicted molar refractivity (Wildman–Crippen MR) is 51.4 cm³/mol. The first-order chi connectivity index (χ1) is 6.66. The van der Waals surface area contributed by atoms with Crippen LogP contribution in [0.1, 0.15) is 12.5 Å². The normalized spacial score (nSPS) is 10.9. The summed E-state index contributed by atoms with van der Waals surface area (Å²) in [5.74, 6) is -1.60. The summed E-state index contributed by atoms with van der Waals surface area (Å²) < 4.78 is 31.3. The van der Waals surface area contributed by atoms with Crippen LogP contribution >= 0.6 is 0 Å². The molecule has 14 heavy (non-hydrogen) atoms. The highest BCUT2D eigenvalue weighted by Gasteiger charge is 2.11. The molecule has 0 N–H and O–H groups in total. The molecule has 0 heterocycles. The van der Waals surface area contributed by atoms with Gasteiger partial charge in [0.25, 0.3) is 0 Å². The molecular weight excluding hydrogens is 186 g/mol. The lowest BCUT2D eigenvalue weighted by Crippen LogP contribution is -2.00. The Morgan fingerprint density at radius 3 is 2.71 bits per heavy atom. The fraction of sp³-hybridized carbons (Fsp3) is 0.273. The van der Waals surface area contributed by atoms with Gasteiger partial charge in [0.05, 0.1) is 0 Å². The maximum atomic E-state index is 13.3. The summed E-state index contributed by atoms with van der Waals surface area (Å²) in [4.78, 5) is 0. The zero-order chi connectivity index (χ0) is 10.6. The number of rotatable bonds is 3. The van der Waals surface area contributed by atoms with Crippen LogP contribution in [0.15, 0.2) is 24.3 Å². The summed E-state index contributed by atoms with van der Waals surface area (Å²) in [6.45, 7) is 3.55. The van der Waals surface area contributed by atoms with E-state index in [4.69, 9.17) is 4.74 Å². The van der Waals surface area contributed by atoms with Gasteiger partial charge in [-0.2, -0.15) is 0 Å². The maximum Gasteiger partial charge on any atom is 0.191 e. The monoisotopic (exact) mass is 198 g/mol. The number of ether oxygens (including phenoxy) is 1. The highest BCUT2D eigenvalue weighted by molar-refractivity contribution is 5.32. The molecule has 0 atom stereocenters. The van der Waals surface area contributed by atoms with Crippen molar-refractivity contribution in [2.75, 3.05) is 6.61 Å². The number of benzene rings is 1. The molecule has 76 valence electrons. The lowest BCUT2D eigenvalue weighted by atomic mass is 10.2. The molecule has 0 radical (unpaired) electrons. The molecule has 0 aliphatic carbocycles. The molecule has 3 heteroatoms. The Kier molecular flexibility index (Phi) is 3.63. The van der Waals surface area contributed by atoms with Crippen LogP contribution in [0.5, 0.6) is 5.75 Å². The zero-order valence-electron chi connectivity index (χ0n) is 8.18. The molecule has 1 aromatic rings. The van der Waals surface area contributed by atoms with Gasteiger partial charge in [-0.05, 0) is 25.5 Å². The summed E-state index contributed by atoms with van der Waals surface area (Å²) >= 11 is 0. The van der Waals surface area contributed by atoms with Gasteiger partial charge in [0, 0.05) is 0 Å². The highest BCUT2D eigenvalue weighted by Crippen LogP contribution is 2.23.